The smallest absolute Gasteiger partial charge is 0.138 e. The first kappa shape index (κ1) is 18.3. The van der Waals surface area contributed by atoms with Crippen molar-refractivity contribution in [1.82, 2.24) is 10.3 Å². The summed E-state index contributed by atoms with van der Waals surface area (Å²) in [6, 6.07) is 18.0. The van der Waals surface area contributed by atoms with Crippen molar-refractivity contribution in [2.24, 2.45) is 5.92 Å². The standard InChI is InChI=1S/C22H20Cl2N2O/c23-19-10-18(13-26-14-19)22(17-8-9-25-12-17)27-21-7-6-16(11-20(21)24)15-4-2-1-3-5-15/h1-7,10-11,13-14,17,22,25H,8-9,12H2/t17-,22+/m0/s1. The summed E-state index contributed by atoms with van der Waals surface area (Å²) < 4.78 is 6.39. The first-order valence-corrected chi connectivity index (χ1v) is 9.79. The average molecular weight is 399 g/mol. The van der Waals surface area contributed by atoms with E-state index < -0.39 is 0 Å². The van der Waals surface area contributed by atoms with Crippen LogP contribution in [0.4, 0.5) is 0 Å². The Morgan fingerprint density at radius 1 is 1.00 bits per heavy atom. The lowest BCUT2D eigenvalue weighted by Gasteiger charge is -2.25. The van der Waals surface area contributed by atoms with Crippen LogP contribution in [0, 0.1) is 5.92 Å². The number of hydrogen-bond donors (Lipinski definition) is 1. The Bertz CT molecular complexity index is 911. The van der Waals surface area contributed by atoms with E-state index in [1.165, 1.54) is 0 Å². The van der Waals surface area contributed by atoms with Crippen LogP contribution < -0.4 is 10.1 Å². The van der Waals surface area contributed by atoms with E-state index in [0.717, 1.165) is 36.2 Å². The maximum Gasteiger partial charge on any atom is 0.138 e. The molecule has 0 bridgehead atoms. The third kappa shape index (κ3) is 4.27. The lowest BCUT2D eigenvalue weighted by Crippen LogP contribution is -2.21. The quantitative estimate of drug-likeness (QED) is 0.590. The summed E-state index contributed by atoms with van der Waals surface area (Å²) in [7, 11) is 0. The van der Waals surface area contributed by atoms with Gasteiger partial charge in [-0.2, -0.15) is 0 Å². The number of benzene rings is 2. The molecule has 0 spiro atoms. The van der Waals surface area contributed by atoms with Crippen LogP contribution in [0.5, 0.6) is 5.75 Å². The Labute approximate surface area is 169 Å². The molecule has 1 aliphatic rings. The van der Waals surface area contributed by atoms with Crippen LogP contribution in [0.25, 0.3) is 11.1 Å². The Kier molecular flexibility index (Phi) is 5.63. The molecule has 5 heteroatoms. The van der Waals surface area contributed by atoms with Crippen molar-refractivity contribution >= 4 is 23.2 Å². The summed E-state index contributed by atoms with van der Waals surface area (Å²) >= 11 is 12.7. The zero-order chi connectivity index (χ0) is 18.6. The molecular formula is C22H20Cl2N2O. The lowest BCUT2D eigenvalue weighted by atomic mass is 9.96. The minimum absolute atomic E-state index is 0.147. The average Bonchev–Trinajstić information content (AvgIpc) is 3.22. The van der Waals surface area contributed by atoms with Gasteiger partial charge in [-0.05, 0) is 42.3 Å². The number of rotatable bonds is 5. The summed E-state index contributed by atoms with van der Waals surface area (Å²) in [4.78, 5) is 4.23. The highest BCUT2D eigenvalue weighted by atomic mass is 35.5. The molecule has 3 aromatic rings. The fourth-order valence-electron chi connectivity index (χ4n) is 3.50. The number of pyridine rings is 1. The number of ether oxygens (including phenoxy) is 1. The Hall–Kier alpha value is -2.07. The third-order valence-corrected chi connectivity index (χ3v) is 5.38. The molecule has 0 saturated carbocycles. The highest BCUT2D eigenvalue weighted by Gasteiger charge is 2.29. The zero-order valence-electron chi connectivity index (χ0n) is 14.7. The summed E-state index contributed by atoms with van der Waals surface area (Å²) in [5.74, 6) is 1.02. The van der Waals surface area contributed by atoms with E-state index in [-0.39, 0.29) is 6.10 Å². The van der Waals surface area contributed by atoms with Gasteiger partial charge in [0.25, 0.3) is 0 Å². The zero-order valence-corrected chi connectivity index (χ0v) is 16.3. The second-order valence-electron chi connectivity index (χ2n) is 6.74. The first-order valence-electron chi connectivity index (χ1n) is 9.03. The maximum absolute atomic E-state index is 6.57. The van der Waals surface area contributed by atoms with E-state index in [4.69, 9.17) is 27.9 Å². The largest absolute Gasteiger partial charge is 0.484 e. The van der Waals surface area contributed by atoms with E-state index in [1.54, 1.807) is 6.20 Å². The monoisotopic (exact) mass is 398 g/mol. The van der Waals surface area contributed by atoms with Crippen molar-refractivity contribution < 1.29 is 4.74 Å². The molecule has 1 fully saturated rings. The molecule has 4 rings (SSSR count). The van der Waals surface area contributed by atoms with Gasteiger partial charge in [-0.3, -0.25) is 4.98 Å². The van der Waals surface area contributed by atoms with Gasteiger partial charge in [0.2, 0.25) is 0 Å². The Balaban J connectivity index is 1.63. The molecule has 1 aliphatic heterocycles. The van der Waals surface area contributed by atoms with Crippen LogP contribution in [0.3, 0.4) is 0 Å². The van der Waals surface area contributed by atoms with Gasteiger partial charge >= 0.3 is 0 Å². The van der Waals surface area contributed by atoms with Crippen molar-refractivity contribution in [3.63, 3.8) is 0 Å². The molecule has 0 radical (unpaired) electrons. The predicted molar refractivity (Wildman–Crippen MR) is 110 cm³/mol. The summed E-state index contributed by atoms with van der Waals surface area (Å²) in [5.41, 5.74) is 3.16. The Morgan fingerprint density at radius 3 is 2.56 bits per heavy atom. The molecule has 0 amide bonds. The number of nitrogens with one attached hydrogen (secondary N) is 1. The first-order chi connectivity index (χ1) is 13.2. The summed E-state index contributed by atoms with van der Waals surface area (Å²) in [6.45, 7) is 1.89. The molecule has 1 aromatic heterocycles. The fraction of sp³-hybridized carbons (Fsp3) is 0.227. The predicted octanol–water partition coefficient (Wildman–Crippen LogP) is 5.79. The van der Waals surface area contributed by atoms with Crippen LogP contribution in [-0.2, 0) is 0 Å². The number of halogens is 2. The van der Waals surface area contributed by atoms with Crippen LogP contribution in [0.1, 0.15) is 18.1 Å². The number of aromatic nitrogens is 1. The van der Waals surface area contributed by atoms with Crippen molar-refractivity contribution in [3.8, 4) is 16.9 Å². The van der Waals surface area contributed by atoms with Crippen LogP contribution >= 0.6 is 23.2 Å². The van der Waals surface area contributed by atoms with Gasteiger partial charge in [-0.1, -0.05) is 59.6 Å². The number of hydrogen-bond acceptors (Lipinski definition) is 3. The number of nitrogens with zero attached hydrogens (tertiary/aromatic N) is 1. The minimum Gasteiger partial charge on any atom is -0.484 e. The highest BCUT2D eigenvalue weighted by molar-refractivity contribution is 6.32. The van der Waals surface area contributed by atoms with Crippen molar-refractivity contribution in [1.29, 1.82) is 0 Å². The minimum atomic E-state index is -0.147. The SMILES string of the molecule is Clc1cncc([C@H](Oc2ccc(-c3ccccc3)cc2Cl)[C@H]2CCNC2)c1. The van der Waals surface area contributed by atoms with Gasteiger partial charge < -0.3 is 10.1 Å². The molecular weight excluding hydrogens is 379 g/mol. The van der Waals surface area contributed by atoms with Gasteiger partial charge in [0.15, 0.2) is 0 Å². The molecule has 2 atom stereocenters. The van der Waals surface area contributed by atoms with Crippen molar-refractivity contribution in [3.05, 3.63) is 82.6 Å². The lowest BCUT2D eigenvalue weighted by molar-refractivity contribution is 0.144. The van der Waals surface area contributed by atoms with Crippen molar-refractivity contribution in [2.45, 2.75) is 12.5 Å². The van der Waals surface area contributed by atoms with E-state index in [2.05, 4.69) is 22.4 Å². The van der Waals surface area contributed by atoms with Gasteiger partial charge in [0.1, 0.15) is 11.9 Å². The molecule has 3 nitrogen and oxygen atoms in total. The van der Waals surface area contributed by atoms with Gasteiger partial charge in [-0.25, -0.2) is 0 Å². The normalized spacial score (nSPS) is 17.6. The maximum atomic E-state index is 6.57. The topological polar surface area (TPSA) is 34.1 Å². The van der Waals surface area contributed by atoms with Crippen molar-refractivity contribution in [2.75, 3.05) is 13.1 Å². The second-order valence-corrected chi connectivity index (χ2v) is 7.58. The van der Waals surface area contributed by atoms with Gasteiger partial charge in [-0.15, -0.1) is 0 Å². The molecule has 0 aliphatic carbocycles. The molecule has 2 aromatic carbocycles. The molecule has 27 heavy (non-hydrogen) atoms. The third-order valence-electron chi connectivity index (χ3n) is 4.87. The molecule has 1 saturated heterocycles. The molecule has 2 heterocycles. The van der Waals surface area contributed by atoms with Gasteiger partial charge in [0.05, 0.1) is 10.0 Å². The summed E-state index contributed by atoms with van der Waals surface area (Å²) in [5, 5.41) is 4.61. The Morgan fingerprint density at radius 2 is 1.85 bits per heavy atom. The molecule has 1 N–H and O–H groups in total. The summed E-state index contributed by atoms with van der Waals surface area (Å²) in [6.07, 6.45) is 4.35. The molecule has 138 valence electrons. The van der Waals surface area contributed by atoms with E-state index in [1.807, 2.05) is 48.7 Å². The van der Waals surface area contributed by atoms with E-state index in [9.17, 15) is 0 Å². The second kappa shape index (κ2) is 8.30. The van der Waals surface area contributed by atoms with Crippen LogP contribution in [0.2, 0.25) is 10.0 Å². The molecule has 0 unspecified atom stereocenters. The van der Waals surface area contributed by atoms with Crippen LogP contribution in [0.15, 0.2) is 67.0 Å². The van der Waals surface area contributed by atoms with Gasteiger partial charge in [0, 0.05) is 30.4 Å². The fourth-order valence-corrected chi connectivity index (χ4v) is 3.91. The van der Waals surface area contributed by atoms with Crippen LogP contribution in [-0.4, -0.2) is 18.1 Å². The highest BCUT2D eigenvalue weighted by Crippen LogP contribution is 2.37. The van der Waals surface area contributed by atoms with E-state index in [0.29, 0.717) is 21.7 Å². The van der Waals surface area contributed by atoms with E-state index >= 15 is 0 Å².